The molecule has 0 aromatic heterocycles. The van der Waals surface area contributed by atoms with Crippen LogP contribution in [0, 0.1) is 0 Å². The van der Waals surface area contributed by atoms with Crippen molar-refractivity contribution < 1.29 is 27.4 Å². The second-order valence-electron chi connectivity index (χ2n) is 3.92. The zero-order valence-corrected chi connectivity index (χ0v) is 11.5. The third-order valence-electron chi connectivity index (χ3n) is 2.31. The van der Waals surface area contributed by atoms with Gasteiger partial charge in [0.1, 0.15) is 11.9 Å². The Morgan fingerprint density at radius 1 is 1.45 bits per heavy atom. The fraction of sp³-hybridized carbons (Fsp3) is 0.417. The van der Waals surface area contributed by atoms with Crippen LogP contribution in [0.1, 0.15) is 6.92 Å². The Hall–Kier alpha value is -1.47. The molecule has 1 amide bonds. The number of hydrogen-bond acceptors (Lipinski definition) is 3. The van der Waals surface area contributed by atoms with E-state index in [-0.39, 0.29) is 10.8 Å². The summed E-state index contributed by atoms with van der Waals surface area (Å²) < 4.78 is 45.4. The second-order valence-corrected chi connectivity index (χ2v) is 4.32. The average Bonchev–Trinajstić information content (AvgIpc) is 2.35. The summed E-state index contributed by atoms with van der Waals surface area (Å²) in [5.41, 5.74) is 0.336. The molecule has 8 heteroatoms. The lowest BCUT2D eigenvalue weighted by molar-refractivity contribution is -0.153. The molecule has 1 aromatic carbocycles. The van der Waals surface area contributed by atoms with E-state index in [1.165, 1.54) is 25.3 Å². The van der Waals surface area contributed by atoms with Gasteiger partial charge in [-0.25, -0.2) is 0 Å². The Bertz CT molecular complexity index is 480. The monoisotopic (exact) mass is 311 g/mol. The summed E-state index contributed by atoms with van der Waals surface area (Å²) in [6, 6.07) is 3.94. The lowest BCUT2D eigenvalue weighted by Gasteiger charge is -2.13. The first-order valence-corrected chi connectivity index (χ1v) is 5.93. The number of rotatable bonds is 5. The number of ether oxygens (including phenoxy) is 2. The quantitative estimate of drug-likeness (QED) is 0.908. The van der Waals surface area contributed by atoms with E-state index in [9.17, 15) is 18.0 Å². The SMILES string of the molecule is COC(C)C(=O)Nc1ccc(OCC(F)(F)F)c(Cl)c1. The van der Waals surface area contributed by atoms with E-state index in [0.717, 1.165) is 0 Å². The van der Waals surface area contributed by atoms with Gasteiger partial charge in [0, 0.05) is 12.8 Å². The van der Waals surface area contributed by atoms with E-state index in [2.05, 4.69) is 10.1 Å². The smallest absolute Gasteiger partial charge is 0.422 e. The molecule has 0 heterocycles. The fourth-order valence-corrected chi connectivity index (χ4v) is 1.44. The van der Waals surface area contributed by atoms with Crippen molar-refractivity contribution in [3.8, 4) is 5.75 Å². The molecule has 1 rings (SSSR count). The van der Waals surface area contributed by atoms with Crippen LogP contribution in [0.4, 0.5) is 18.9 Å². The van der Waals surface area contributed by atoms with E-state index >= 15 is 0 Å². The number of anilines is 1. The van der Waals surface area contributed by atoms with E-state index < -0.39 is 24.8 Å². The molecule has 0 bridgehead atoms. The van der Waals surface area contributed by atoms with Crippen LogP contribution < -0.4 is 10.1 Å². The third kappa shape index (κ3) is 5.26. The Kier molecular flexibility index (Phi) is 5.64. The molecule has 4 nitrogen and oxygen atoms in total. The van der Waals surface area contributed by atoms with Crippen LogP contribution >= 0.6 is 11.6 Å². The molecule has 0 spiro atoms. The summed E-state index contributed by atoms with van der Waals surface area (Å²) in [6.07, 6.45) is -5.10. The number of carbonyl (C=O) groups is 1. The predicted octanol–water partition coefficient (Wildman–Crippen LogP) is 3.25. The van der Waals surface area contributed by atoms with Crippen LogP contribution in [-0.4, -0.2) is 31.9 Å². The number of methoxy groups -OCH3 is 1. The lowest BCUT2D eigenvalue weighted by Crippen LogP contribution is -2.26. The number of halogens is 4. The molecular formula is C12H13ClF3NO3. The first kappa shape index (κ1) is 16.6. The standard InChI is InChI=1S/C12H13ClF3NO3/c1-7(19-2)11(18)17-8-3-4-10(9(13)5-8)20-6-12(14,15)16/h3-5,7H,6H2,1-2H3,(H,17,18). The van der Waals surface area contributed by atoms with Crippen LogP contribution in [0.15, 0.2) is 18.2 Å². The number of amides is 1. The first-order chi connectivity index (χ1) is 9.23. The van der Waals surface area contributed by atoms with E-state index in [4.69, 9.17) is 16.3 Å². The summed E-state index contributed by atoms with van der Waals surface area (Å²) in [5, 5.41) is 2.48. The minimum atomic E-state index is -4.44. The number of alkyl halides is 3. The molecule has 1 N–H and O–H groups in total. The van der Waals surface area contributed by atoms with Crippen LogP contribution in [0.2, 0.25) is 5.02 Å². The normalized spacial score (nSPS) is 12.9. The van der Waals surface area contributed by atoms with Crippen LogP contribution in [0.25, 0.3) is 0 Å². The maximum atomic E-state index is 12.0. The Labute approximate surface area is 118 Å². The Morgan fingerprint density at radius 2 is 2.10 bits per heavy atom. The molecule has 0 saturated heterocycles. The van der Waals surface area contributed by atoms with Crippen LogP contribution in [0.5, 0.6) is 5.75 Å². The molecule has 1 unspecified atom stereocenters. The molecule has 0 aliphatic rings. The topological polar surface area (TPSA) is 47.6 Å². The first-order valence-electron chi connectivity index (χ1n) is 5.55. The van der Waals surface area contributed by atoms with Crippen molar-refractivity contribution >= 4 is 23.2 Å². The number of hydrogen-bond donors (Lipinski definition) is 1. The zero-order chi connectivity index (χ0) is 15.3. The van der Waals surface area contributed by atoms with Crippen molar-refractivity contribution in [1.82, 2.24) is 0 Å². The summed E-state index contributed by atoms with van der Waals surface area (Å²) in [4.78, 5) is 11.5. The summed E-state index contributed by atoms with van der Waals surface area (Å²) in [5.74, 6) is -0.505. The van der Waals surface area contributed by atoms with E-state index in [1.807, 2.05) is 0 Å². The van der Waals surface area contributed by atoms with Crippen molar-refractivity contribution in [3.63, 3.8) is 0 Å². The summed E-state index contributed by atoms with van der Waals surface area (Å²) in [7, 11) is 1.38. The molecule has 0 saturated carbocycles. The highest BCUT2D eigenvalue weighted by atomic mass is 35.5. The van der Waals surface area contributed by atoms with E-state index in [0.29, 0.717) is 5.69 Å². The van der Waals surface area contributed by atoms with Gasteiger partial charge in [0.15, 0.2) is 6.61 Å². The highest BCUT2D eigenvalue weighted by molar-refractivity contribution is 6.32. The van der Waals surface area contributed by atoms with Gasteiger partial charge in [0.25, 0.3) is 5.91 Å². The number of benzene rings is 1. The second kappa shape index (κ2) is 6.81. The molecule has 1 aromatic rings. The summed E-state index contributed by atoms with van der Waals surface area (Å²) in [6.45, 7) is 0.122. The van der Waals surface area contributed by atoms with Crippen molar-refractivity contribution in [2.24, 2.45) is 0 Å². The van der Waals surface area contributed by atoms with Crippen molar-refractivity contribution in [3.05, 3.63) is 23.2 Å². The average molecular weight is 312 g/mol. The van der Waals surface area contributed by atoms with Crippen LogP contribution in [0.3, 0.4) is 0 Å². The molecule has 1 atom stereocenters. The number of nitrogens with one attached hydrogen (secondary N) is 1. The van der Waals surface area contributed by atoms with Crippen molar-refractivity contribution in [1.29, 1.82) is 0 Å². The van der Waals surface area contributed by atoms with Gasteiger partial charge in [-0.2, -0.15) is 13.2 Å². The number of carbonyl (C=O) groups excluding carboxylic acids is 1. The van der Waals surface area contributed by atoms with Gasteiger partial charge >= 0.3 is 6.18 Å². The van der Waals surface area contributed by atoms with Crippen molar-refractivity contribution in [2.45, 2.75) is 19.2 Å². The molecule has 0 aliphatic heterocycles. The van der Waals surface area contributed by atoms with Gasteiger partial charge < -0.3 is 14.8 Å². The van der Waals surface area contributed by atoms with Crippen molar-refractivity contribution in [2.75, 3.05) is 19.0 Å². The highest BCUT2D eigenvalue weighted by Gasteiger charge is 2.28. The fourth-order valence-electron chi connectivity index (χ4n) is 1.21. The molecule has 112 valence electrons. The van der Waals surface area contributed by atoms with Gasteiger partial charge in [-0.3, -0.25) is 4.79 Å². The Balaban J connectivity index is 2.71. The third-order valence-corrected chi connectivity index (χ3v) is 2.61. The van der Waals surface area contributed by atoms with Gasteiger partial charge in [0.2, 0.25) is 0 Å². The predicted molar refractivity (Wildman–Crippen MR) is 68.1 cm³/mol. The molecule has 20 heavy (non-hydrogen) atoms. The molecular weight excluding hydrogens is 299 g/mol. The molecule has 0 radical (unpaired) electrons. The highest BCUT2D eigenvalue weighted by Crippen LogP contribution is 2.29. The molecule has 0 aliphatic carbocycles. The van der Waals surface area contributed by atoms with Gasteiger partial charge in [-0.05, 0) is 25.1 Å². The lowest BCUT2D eigenvalue weighted by atomic mass is 10.3. The van der Waals surface area contributed by atoms with Gasteiger partial charge in [0.05, 0.1) is 5.02 Å². The Morgan fingerprint density at radius 3 is 2.60 bits per heavy atom. The minimum absolute atomic E-state index is 0.0304. The summed E-state index contributed by atoms with van der Waals surface area (Å²) >= 11 is 5.78. The largest absolute Gasteiger partial charge is 0.483 e. The minimum Gasteiger partial charge on any atom is -0.483 e. The van der Waals surface area contributed by atoms with Crippen LogP contribution in [-0.2, 0) is 9.53 Å². The van der Waals surface area contributed by atoms with E-state index in [1.54, 1.807) is 6.92 Å². The van der Waals surface area contributed by atoms with Gasteiger partial charge in [-0.1, -0.05) is 11.6 Å². The zero-order valence-electron chi connectivity index (χ0n) is 10.8. The maximum Gasteiger partial charge on any atom is 0.422 e. The molecule has 0 fully saturated rings. The van der Waals surface area contributed by atoms with Gasteiger partial charge in [-0.15, -0.1) is 0 Å². The maximum absolute atomic E-state index is 12.0.